The number of pyridine rings is 1. The molecule has 1 aliphatic rings. The topological polar surface area (TPSA) is 107 Å². The molecule has 1 N–H and O–H groups in total. The van der Waals surface area contributed by atoms with E-state index in [1.165, 1.54) is 43.4 Å². The number of sulfonamides is 1. The lowest BCUT2D eigenvalue weighted by Crippen LogP contribution is -2.32. The second-order valence-corrected chi connectivity index (χ2v) is 12.6. The second kappa shape index (κ2) is 10.9. The maximum Gasteiger partial charge on any atom is 0.255 e. The maximum atomic E-state index is 14.7. The van der Waals surface area contributed by atoms with Gasteiger partial charge in [0, 0.05) is 35.0 Å². The fraction of sp³-hybridized carbons (Fsp3) is 0.152. The Bertz CT molecular complexity index is 2300. The van der Waals surface area contributed by atoms with Gasteiger partial charge in [-0.1, -0.05) is 6.07 Å². The van der Waals surface area contributed by atoms with E-state index < -0.39 is 40.8 Å². The van der Waals surface area contributed by atoms with Crippen molar-refractivity contribution >= 4 is 43.5 Å². The summed E-state index contributed by atoms with van der Waals surface area (Å²) < 4.78 is 83.0. The van der Waals surface area contributed by atoms with E-state index in [0.29, 0.717) is 39.0 Å². The summed E-state index contributed by atoms with van der Waals surface area (Å²) in [6, 6.07) is 18.1. The molecule has 7 rings (SSSR count). The van der Waals surface area contributed by atoms with Crippen molar-refractivity contribution in [1.29, 1.82) is 0 Å². The van der Waals surface area contributed by atoms with Gasteiger partial charge in [0.2, 0.25) is 10.0 Å². The number of carbonyl (C=O) groups is 1. The number of amides is 1. The quantitative estimate of drug-likeness (QED) is 0.212. The van der Waals surface area contributed by atoms with Gasteiger partial charge in [-0.25, -0.2) is 26.6 Å². The van der Waals surface area contributed by atoms with Gasteiger partial charge in [-0.3, -0.25) is 9.10 Å². The molecule has 0 saturated carbocycles. The Balaban J connectivity index is 1.51. The highest BCUT2D eigenvalue weighted by atomic mass is 32.2. The molecule has 234 valence electrons. The highest BCUT2D eigenvalue weighted by molar-refractivity contribution is 7.92. The van der Waals surface area contributed by atoms with Gasteiger partial charge in [-0.2, -0.15) is 0 Å². The number of benzene rings is 3. The van der Waals surface area contributed by atoms with Crippen LogP contribution in [0.15, 0.2) is 77.2 Å². The lowest BCUT2D eigenvalue weighted by atomic mass is 10.00. The van der Waals surface area contributed by atoms with Crippen LogP contribution in [0.5, 0.6) is 5.75 Å². The highest BCUT2D eigenvalue weighted by Crippen LogP contribution is 2.44. The molecule has 1 amide bonds. The van der Waals surface area contributed by atoms with Crippen LogP contribution in [0.4, 0.5) is 18.9 Å². The van der Waals surface area contributed by atoms with Crippen LogP contribution in [0.3, 0.4) is 0 Å². The number of hydrogen-bond acceptors (Lipinski definition) is 6. The molecule has 6 aromatic rings. The Hall–Kier alpha value is -5.30. The summed E-state index contributed by atoms with van der Waals surface area (Å²) in [7, 11) is -2.57. The minimum absolute atomic E-state index is 0.0614. The zero-order valence-electron chi connectivity index (χ0n) is 24.5. The largest absolute Gasteiger partial charge is 0.470 e. The summed E-state index contributed by atoms with van der Waals surface area (Å²) >= 11 is 0. The lowest BCUT2D eigenvalue weighted by Gasteiger charge is -2.25. The standard InChI is InChI=1S/C33H25F3N4O5S/c1-37-33(41)30-22-14-21(24-10-11-28-31(38-24)27-15-20-23(36)4-3-5-25(20)39(27)17-44-28)26(40(13-12-34)46(2,42)43)16-29(22)45-32(30)18-6-8-19(35)9-7-18/h3-11,14-16H,12-13,17H2,1-2H3,(H,37,41). The second-order valence-electron chi connectivity index (χ2n) is 10.7. The molecule has 9 nitrogen and oxygen atoms in total. The van der Waals surface area contributed by atoms with Crippen LogP contribution in [0.25, 0.3) is 55.8 Å². The number of furan rings is 1. The third-order valence-electron chi connectivity index (χ3n) is 7.94. The SMILES string of the molecule is CNC(=O)c1c(-c2ccc(F)cc2)oc2cc(N(CCF)S(C)(=O)=O)c(-c3ccc4c(n3)-c3cc5c(F)cccc5n3CO4)cc12. The summed E-state index contributed by atoms with van der Waals surface area (Å²) in [6.07, 6.45) is 0.958. The minimum atomic E-state index is -4.02. The van der Waals surface area contributed by atoms with Crippen molar-refractivity contribution < 1.29 is 35.5 Å². The predicted molar refractivity (Wildman–Crippen MR) is 168 cm³/mol. The van der Waals surface area contributed by atoms with E-state index in [2.05, 4.69) is 5.32 Å². The zero-order valence-corrected chi connectivity index (χ0v) is 25.3. The van der Waals surface area contributed by atoms with Crippen molar-refractivity contribution in [3.63, 3.8) is 0 Å². The van der Waals surface area contributed by atoms with Gasteiger partial charge in [0.25, 0.3) is 5.91 Å². The molecule has 0 atom stereocenters. The molecule has 0 bridgehead atoms. The van der Waals surface area contributed by atoms with Gasteiger partial charge < -0.3 is 19.0 Å². The summed E-state index contributed by atoms with van der Waals surface area (Å²) in [5.74, 6) is -0.825. The molecule has 1 aliphatic heterocycles. The highest BCUT2D eigenvalue weighted by Gasteiger charge is 2.29. The van der Waals surface area contributed by atoms with Crippen LogP contribution in [0.1, 0.15) is 10.4 Å². The maximum absolute atomic E-state index is 14.7. The lowest BCUT2D eigenvalue weighted by molar-refractivity contribution is 0.0964. The molecule has 46 heavy (non-hydrogen) atoms. The van der Waals surface area contributed by atoms with E-state index in [-0.39, 0.29) is 40.6 Å². The van der Waals surface area contributed by atoms with Crippen LogP contribution in [-0.2, 0) is 16.8 Å². The van der Waals surface area contributed by atoms with Crippen molar-refractivity contribution in [2.75, 3.05) is 30.8 Å². The van der Waals surface area contributed by atoms with Crippen molar-refractivity contribution in [3.8, 4) is 39.7 Å². The van der Waals surface area contributed by atoms with Gasteiger partial charge >= 0.3 is 0 Å². The minimum Gasteiger partial charge on any atom is -0.470 e. The summed E-state index contributed by atoms with van der Waals surface area (Å²) in [5, 5.41) is 3.30. The Morgan fingerprint density at radius 1 is 1.04 bits per heavy atom. The molecule has 0 saturated heterocycles. The van der Waals surface area contributed by atoms with Gasteiger partial charge in [-0.15, -0.1) is 0 Å². The number of nitrogens with zero attached hydrogens (tertiary/aromatic N) is 3. The number of rotatable bonds is 7. The molecule has 3 aromatic carbocycles. The van der Waals surface area contributed by atoms with E-state index in [9.17, 15) is 26.4 Å². The number of alkyl halides is 1. The third kappa shape index (κ3) is 4.74. The molecular weight excluding hydrogens is 621 g/mol. The van der Waals surface area contributed by atoms with Crippen LogP contribution in [0, 0.1) is 11.6 Å². The number of fused-ring (bicyclic) bond motifs is 6. The fourth-order valence-electron chi connectivity index (χ4n) is 5.85. The first-order valence-corrected chi connectivity index (χ1v) is 16.0. The zero-order chi connectivity index (χ0) is 32.3. The van der Waals surface area contributed by atoms with E-state index in [1.54, 1.807) is 41.0 Å². The monoisotopic (exact) mass is 646 g/mol. The van der Waals surface area contributed by atoms with Gasteiger partial charge in [0.15, 0.2) is 6.73 Å². The number of aromatic nitrogens is 2. The summed E-state index contributed by atoms with van der Waals surface area (Å²) in [4.78, 5) is 18.1. The molecule has 0 spiro atoms. The Morgan fingerprint density at radius 3 is 2.54 bits per heavy atom. The first-order chi connectivity index (χ1) is 22.1. The van der Waals surface area contributed by atoms with Crippen LogP contribution >= 0.6 is 0 Å². The van der Waals surface area contributed by atoms with E-state index >= 15 is 0 Å². The number of nitrogens with one attached hydrogen (secondary N) is 1. The molecule has 3 aromatic heterocycles. The third-order valence-corrected chi connectivity index (χ3v) is 9.12. The van der Waals surface area contributed by atoms with Crippen molar-refractivity contribution in [1.82, 2.24) is 14.9 Å². The Kier molecular flexibility index (Phi) is 7.00. The molecule has 0 radical (unpaired) electrons. The number of carbonyl (C=O) groups excluding carboxylic acids is 1. The summed E-state index contributed by atoms with van der Waals surface area (Å²) in [6.45, 7) is -1.35. The molecule has 13 heteroatoms. The van der Waals surface area contributed by atoms with Crippen LogP contribution < -0.4 is 14.4 Å². The first-order valence-electron chi connectivity index (χ1n) is 14.1. The predicted octanol–water partition coefficient (Wildman–Crippen LogP) is 6.51. The van der Waals surface area contributed by atoms with E-state index in [0.717, 1.165) is 10.6 Å². The number of halogens is 3. The van der Waals surface area contributed by atoms with E-state index in [4.69, 9.17) is 14.1 Å². The molecule has 0 aliphatic carbocycles. The first kappa shape index (κ1) is 29.4. The molecule has 0 fully saturated rings. The number of hydrogen-bond donors (Lipinski definition) is 1. The summed E-state index contributed by atoms with van der Waals surface area (Å²) in [5.41, 5.74) is 2.85. The Morgan fingerprint density at radius 2 is 1.83 bits per heavy atom. The van der Waals surface area contributed by atoms with Gasteiger partial charge in [0.05, 0.1) is 41.0 Å². The van der Waals surface area contributed by atoms with Crippen molar-refractivity contribution in [2.24, 2.45) is 0 Å². The fourth-order valence-corrected chi connectivity index (χ4v) is 6.76. The number of anilines is 1. The average Bonchev–Trinajstić information content (AvgIpc) is 3.62. The molecular formula is C33H25F3N4O5S. The van der Waals surface area contributed by atoms with Gasteiger partial charge in [0.1, 0.15) is 41.1 Å². The van der Waals surface area contributed by atoms with E-state index in [1.807, 2.05) is 0 Å². The number of ether oxygens (including phenoxy) is 1. The van der Waals surface area contributed by atoms with Crippen LogP contribution in [0.2, 0.25) is 0 Å². The average molecular weight is 647 g/mol. The molecule has 4 heterocycles. The van der Waals surface area contributed by atoms with Crippen LogP contribution in [-0.4, -0.2) is 50.4 Å². The Labute approximate surface area is 260 Å². The smallest absolute Gasteiger partial charge is 0.255 e. The van der Waals surface area contributed by atoms with Crippen molar-refractivity contribution in [3.05, 3.63) is 90.0 Å². The normalized spacial score (nSPS) is 12.5. The van der Waals surface area contributed by atoms with Gasteiger partial charge in [-0.05, 0) is 60.7 Å². The molecule has 0 unspecified atom stereocenters. The van der Waals surface area contributed by atoms with Crippen molar-refractivity contribution in [2.45, 2.75) is 6.73 Å².